The fourth-order valence-electron chi connectivity index (χ4n) is 4.02. The van der Waals surface area contributed by atoms with Crippen LogP contribution in [0.1, 0.15) is 48.0 Å². The van der Waals surface area contributed by atoms with Crippen LogP contribution < -0.4 is 0 Å². The molecular formula is C20H35ClO7. The Kier molecular flexibility index (Phi) is 8.90. The number of rotatable bonds is 1. The monoisotopic (exact) mass is 422 g/mol. The minimum Gasteiger partial charge on any atom is -0.460 e. The first kappa shape index (κ1) is 25.3. The molecule has 164 valence electrons. The molecule has 0 aromatic carbocycles. The molecule has 0 saturated carbocycles. The van der Waals surface area contributed by atoms with E-state index in [0.29, 0.717) is 0 Å². The van der Waals surface area contributed by atoms with Crippen molar-refractivity contribution in [1.82, 2.24) is 0 Å². The highest BCUT2D eigenvalue weighted by molar-refractivity contribution is 6.18. The molecule has 0 bridgehead atoms. The zero-order valence-corrected chi connectivity index (χ0v) is 18.3. The quantitative estimate of drug-likeness (QED) is 0.368. The van der Waals surface area contributed by atoms with Crippen LogP contribution in [0.25, 0.3) is 0 Å². The van der Waals surface area contributed by atoms with Crippen molar-refractivity contribution in [2.24, 2.45) is 29.6 Å². The summed E-state index contributed by atoms with van der Waals surface area (Å²) in [7, 11) is 0. The Morgan fingerprint density at radius 3 is 2.00 bits per heavy atom. The van der Waals surface area contributed by atoms with Crippen molar-refractivity contribution in [3.05, 3.63) is 0 Å². The van der Waals surface area contributed by atoms with Crippen LogP contribution in [0, 0.1) is 29.6 Å². The number of aliphatic hydroxyl groups is 4. The van der Waals surface area contributed by atoms with E-state index < -0.39 is 65.6 Å². The molecule has 10 atom stereocenters. The van der Waals surface area contributed by atoms with Crippen LogP contribution in [0.15, 0.2) is 0 Å². The van der Waals surface area contributed by atoms with Crippen molar-refractivity contribution in [2.75, 3.05) is 5.88 Å². The average molecular weight is 423 g/mol. The lowest BCUT2D eigenvalue weighted by Gasteiger charge is -2.39. The standard InChI is InChI=1S/C20H35ClO7/c1-9-7-20(6,27)18(25)12(4)17(24)13(5)19(26)28-14(8-21)10(2)16(23)11(3)15(9)22/h9-14,16-18,23-25,27H,7-8H2,1-6H3/t9-,10+,11+,12+,13-,14-,16+,17+,18-,20-/m1/s1. The zero-order valence-electron chi connectivity index (χ0n) is 17.5. The maximum Gasteiger partial charge on any atom is 0.311 e. The fourth-order valence-corrected chi connectivity index (χ4v) is 4.36. The molecule has 1 heterocycles. The number of carbonyl (C=O) groups is 2. The number of aliphatic hydroxyl groups excluding tert-OH is 3. The van der Waals surface area contributed by atoms with E-state index in [2.05, 4.69) is 0 Å². The molecule has 7 nitrogen and oxygen atoms in total. The van der Waals surface area contributed by atoms with Gasteiger partial charge in [0.25, 0.3) is 0 Å². The molecule has 4 N–H and O–H groups in total. The summed E-state index contributed by atoms with van der Waals surface area (Å²) in [6.07, 6.45) is -4.65. The van der Waals surface area contributed by atoms with Gasteiger partial charge in [-0.1, -0.05) is 27.7 Å². The highest BCUT2D eigenvalue weighted by Crippen LogP contribution is 2.32. The molecule has 0 radical (unpaired) electrons. The number of esters is 1. The Bertz CT molecular complexity index is 553. The molecular weight excluding hydrogens is 388 g/mol. The van der Waals surface area contributed by atoms with Gasteiger partial charge in [0, 0.05) is 23.7 Å². The smallest absolute Gasteiger partial charge is 0.311 e. The van der Waals surface area contributed by atoms with Crippen LogP contribution in [0.3, 0.4) is 0 Å². The van der Waals surface area contributed by atoms with Gasteiger partial charge in [0.2, 0.25) is 0 Å². The number of halogens is 1. The van der Waals surface area contributed by atoms with Crippen LogP contribution in [0.2, 0.25) is 0 Å². The van der Waals surface area contributed by atoms with Crippen molar-refractivity contribution in [1.29, 1.82) is 0 Å². The van der Waals surface area contributed by atoms with E-state index in [1.807, 2.05) is 0 Å². The summed E-state index contributed by atoms with van der Waals surface area (Å²) in [4.78, 5) is 25.3. The van der Waals surface area contributed by atoms with Crippen molar-refractivity contribution in [3.8, 4) is 0 Å². The Morgan fingerprint density at radius 2 is 1.50 bits per heavy atom. The third-order valence-electron chi connectivity index (χ3n) is 6.27. The van der Waals surface area contributed by atoms with E-state index in [4.69, 9.17) is 16.3 Å². The minimum atomic E-state index is -1.67. The largest absolute Gasteiger partial charge is 0.460 e. The summed E-state index contributed by atoms with van der Waals surface area (Å²) in [6, 6.07) is 0. The number of carbonyl (C=O) groups excluding carboxylic acids is 2. The second kappa shape index (κ2) is 9.85. The summed E-state index contributed by atoms with van der Waals surface area (Å²) in [5, 5.41) is 42.6. The van der Waals surface area contributed by atoms with Gasteiger partial charge in [0.05, 0.1) is 35.7 Å². The van der Waals surface area contributed by atoms with Gasteiger partial charge in [0.1, 0.15) is 11.9 Å². The highest BCUT2D eigenvalue weighted by Gasteiger charge is 2.44. The van der Waals surface area contributed by atoms with Gasteiger partial charge in [-0.25, -0.2) is 0 Å². The number of hydrogen-bond acceptors (Lipinski definition) is 7. The number of ether oxygens (including phenoxy) is 1. The molecule has 1 aliphatic heterocycles. The molecule has 1 fully saturated rings. The molecule has 0 aliphatic carbocycles. The third-order valence-corrected chi connectivity index (χ3v) is 6.57. The Balaban J connectivity index is 3.32. The summed E-state index contributed by atoms with van der Waals surface area (Å²) < 4.78 is 5.41. The second-order valence-corrected chi connectivity index (χ2v) is 9.02. The van der Waals surface area contributed by atoms with Crippen molar-refractivity contribution < 1.29 is 34.8 Å². The second-order valence-electron chi connectivity index (χ2n) is 8.72. The lowest BCUT2D eigenvalue weighted by atomic mass is 9.75. The van der Waals surface area contributed by atoms with Crippen molar-refractivity contribution >= 4 is 23.4 Å². The number of cyclic esters (lactones) is 1. The van der Waals surface area contributed by atoms with Gasteiger partial charge < -0.3 is 25.2 Å². The number of alkyl halides is 1. The van der Waals surface area contributed by atoms with Crippen molar-refractivity contribution in [2.45, 2.75) is 78.0 Å². The van der Waals surface area contributed by atoms with Gasteiger partial charge in [0.15, 0.2) is 0 Å². The van der Waals surface area contributed by atoms with E-state index in [1.165, 1.54) is 20.8 Å². The molecule has 0 aromatic rings. The van der Waals surface area contributed by atoms with Crippen LogP contribution in [0.5, 0.6) is 0 Å². The number of ketones is 1. The SMILES string of the molecule is C[C@@H]1[C@H](O)[C@@H](C)C(=O)[C@H](C)C[C@@](C)(O)[C@H](O)[C@@H](C)[C@H](O)[C@@H](C)C(=O)O[C@@H]1CCl. The van der Waals surface area contributed by atoms with Gasteiger partial charge in [-0.05, 0) is 20.3 Å². The molecule has 1 rings (SSSR count). The van der Waals surface area contributed by atoms with Gasteiger partial charge in [-0.15, -0.1) is 11.6 Å². The minimum absolute atomic E-state index is 0.0484. The first-order valence-electron chi connectivity index (χ1n) is 9.83. The fraction of sp³-hybridized carbons (Fsp3) is 0.900. The normalized spacial score (nSPS) is 47.3. The van der Waals surface area contributed by atoms with Crippen LogP contribution in [-0.4, -0.2) is 68.1 Å². The Morgan fingerprint density at radius 1 is 1.00 bits per heavy atom. The Hall–Kier alpha value is -0.730. The van der Waals surface area contributed by atoms with Gasteiger partial charge in [-0.2, -0.15) is 0 Å². The van der Waals surface area contributed by atoms with Crippen LogP contribution >= 0.6 is 11.6 Å². The summed E-state index contributed by atoms with van der Waals surface area (Å²) in [5.41, 5.74) is -1.67. The van der Waals surface area contributed by atoms with Gasteiger partial charge in [-0.3, -0.25) is 9.59 Å². The van der Waals surface area contributed by atoms with Crippen LogP contribution in [-0.2, 0) is 14.3 Å². The predicted octanol–water partition coefficient (Wildman–Crippen LogP) is 1.12. The van der Waals surface area contributed by atoms with Crippen molar-refractivity contribution in [3.63, 3.8) is 0 Å². The summed E-state index contributed by atoms with van der Waals surface area (Å²) in [5.74, 6) is -4.91. The van der Waals surface area contributed by atoms with Crippen LogP contribution in [0.4, 0.5) is 0 Å². The van der Waals surface area contributed by atoms with E-state index in [1.54, 1.807) is 20.8 Å². The molecule has 28 heavy (non-hydrogen) atoms. The predicted molar refractivity (Wildman–Crippen MR) is 105 cm³/mol. The van der Waals surface area contributed by atoms with E-state index in [0.717, 1.165) is 0 Å². The molecule has 1 saturated heterocycles. The maximum absolute atomic E-state index is 12.8. The molecule has 8 heteroatoms. The van der Waals surface area contributed by atoms with E-state index in [9.17, 15) is 30.0 Å². The highest BCUT2D eigenvalue weighted by atomic mass is 35.5. The first-order chi connectivity index (χ1) is 12.8. The summed E-state index contributed by atoms with van der Waals surface area (Å²) in [6.45, 7) is 9.25. The molecule has 0 unspecified atom stereocenters. The van der Waals surface area contributed by atoms with E-state index in [-0.39, 0.29) is 18.1 Å². The number of hydrogen-bond donors (Lipinski definition) is 4. The zero-order chi connectivity index (χ0) is 22.0. The lowest BCUT2D eigenvalue weighted by Crippen LogP contribution is -2.51. The molecule has 0 spiro atoms. The molecule has 0 aromatic heterocycles. The van der Waals surface area contributed by atoms with Gasteiger partial charge >= 0.3 is 5.97 Å². The lowest BCUT2D eigenvalue weighted by molar-refractivity contribution is -0.169. The number of Topliss-reactive ketones (excluding diaryl/α,β-unsaturated/α-hetero) is 1. The molecule has 0 amide bonds. The maximum atomic E-state index is 12.8. The Labute approximate surface area is 172 Å². The first-order valence-corrected chi connectivity index (χ1v) is 10.4. The topological polar surface area (TPSA) is 124 Å². The van der Waals surface area contributed by atoms with E-state index >= 15 is 0 Å². The molecule has 1 aliphatic rings. The summed E-state index contributed by atoms with van der Waals surface area (Å²) >= 11 is 5.93. The average Bonchev–Trinajstić information content (AvgIpc) is 2.65. The third kappa shape index (κ3) is 5.45.